The van der Waals surface area contributed by atoms with Crippen LogP contribution in [-0.2, 0) is 45.4 Å². The molecule has 2 aromatic heterocycles. The monoisotopic (exact) mass is 1240 g/mol. The molecule has 0 saturated heterocycles. The highest BCUT2D eigenvalue weighted by molar-refractivity contribution is 6.31. The first kappa shape index (κ1) is 65.8. The van der Waals surface area contributed by atoms with Crippen molar-refractivity contribution in [1.29, 1.82) is 0 Å². The Morgan fingerprint density at radius 3 is 1.54 bits per heavy atom. The van der Waals surface area contributed by atoms with E-state index < -0.39 is 47.1 Å². The van der Waals surface area contributed by atoms with Gasteiger partial charge in [-0.3, -0.25) is 42.9 Å². The van der Waals surface area contributed by atoms with Crippen LogP contribution < -0.4 is 38.5 Å². The zero-order chi connectivity index (χ0) is 61.6. The van der Waals surface area contributed by atoms with E-state index in [0.29, 0.717) is 28.1 Å². The fourth-order valence-electron chi connectivity index (χ4n) is 10.2. The molecular weight excluding hydrogens is 1170 g/mol. The minimum absolute atomic E-state index is 0. The first-order valence-corrected chi connectivity index (χ1v) is 29.0. The number of anilines is 1. The van der Waals surface area contributed by atoms with Crippen molar-refractivity contribution < 1.29 is 47.1 Å². The minimum Gasteiger partial charge on any atom is -0.364 e. The summed E-state index contributed by atoms with van der Waals surface area (Å²) in [4.78, 5) is 106. The molecule has 0 atom stereocenters. The lowest BCUT2D eigenvalue weighted by Crippen LogP contribution is -2.43. The second-order valence-electron chi connectivity index (χ2n) is 21.5. The van der Waals surface area contributed by atoms with Gasteiger partial charge in [-0.05, 0) is 111 Å². The number of urea groups is 1. The van der Waals surface area contributed by atoms with Crippen LogP contribution in [0.4, 0.5) is 19.3 Å². The van der Waals surface area contributed by atoms with Crippen molar-refractivity contribution in [2.24, 2.45) is 22.3 Å². The summed E-state index contributed by atoms with van der Waals surface area (Å²) < 4.78 is 30.9. The molecule has 9 amide bonds. The van der Waals surface area contributed by atoms with Gasteiger partial charge >= 0.3 is 6.03 Å². The zero-order valence-electron chi connectivity index (χ0n) is 46.9. The smallest absolute Gasteiger partial charge is 0.319 e. The molecule has 0 spiro atoms. The number of nitrogens with one attached hydrogen (secondary N) is 4. The van der Waals surface area contributed by atoms with Crippen LogP contribution >= 0.6 is 23.2 Å². The molecule has 0 aliphatic heterocycles. The van der Waals surface area contributed by atoms with Gasteiger partial charge in [0.05, 0.1) is 34.2 Å². The van der Waals surface area contributed by atoms with E-state index >= 15 is 0 Å². The number of amides is 9. The first-order chi connectivity index (χ1) is 41.3. The number of fused-ring (bicyclic) bond motifs is 2. The Labute approximate surface area is 509 Å². The number of hydrogen-bond donors (Lipinski definition) is 7. The number of hydrogen-bond acceptors (Lipinski definition) is 11. The highest BCUT2D eigenvalue weighted by atomic mass is 35.5. The SMILES string of the molecule is C.NC(=O)c1nn(CC(=O)N(CC(=O)NCc2cccc(Cl)c2F)C2CC2)c2ccc(NC(=O)NC3CCCCC3)cc12.NC1CCCCC1.[N-]=[N+]=NC(=O)c1ccc2c(c1)c(C(N)=O)nn2CC(=O)N(CC(=O)NCc1cccc(Cl)c1F)C1CC1. The summed E-state index contributed by atoms with van der Waals surface area (Å²) in [6, 6.07) is 18.2. The van der Waals surface area contributed by atoms with Crippen molar-refractivity contribution in [1.82, 2.24) is 45.3 Å². The third-order valence-electron chi connectivity index (χ3n) is 15.0. The molecule has 10 N–H and O–H groups in total. The molecule has 10 rings (SSSR count). The van der Waals surface area contributed by atoms with Crippen LogP contribution in [0.15, 0.2) is 77.9 Å². The lowest BCUT2D eigenvalue weighted by molar-refractivity contribution is -0.137. The van der Waals surface area contributed by atoms with Crippen LogP contribution in [0.25, 0.3) is 32.2 Å². The molecule has 87 heavy (non-hydrogen) atoms. The van der Waals surface area contributed by atoms with Crippen molar-refractivity contribution >= 4 is 98.1 Å². The first-order valence-electron chi connectivity index (χ1n) is 28.3. The van der Waals surface area contributed by atoms with Gasteiger partial charge in [-0.2, -0.15) is 10.2 Å². The summed E-state index contributed by atoms with van der Waals surface area (Å²) >= 11 is 11.6. The van der Waals surface area contributed by atoms with Crippen molar-refractivity contribution in [2.75, 3.05) is 18.4 Å². The third-order valence-corrected chi connectivity index (χ3v) is 15.6. The van der Waals surface area contributed by atoms with Crippen molar-refractivity contribution in [3.05, 3.63) is 133 Å². The zero-order valence-corrected chi connectivity index (χ0v) is 48.4. The number of nitrogens with two attached hydrogens (primary N) is 3. The Hall–Kier alpha value is -8.71. The van der Waals surface area contributed by atoms with Gasteiger partial charge in [0, 0.05) is 75.3 Å². The number of halogens is 4. The summed E-state index contributed by atoms with van der Waals surface area (Å²) in [7, 11) is 0. The van der Waals surface area contributed by atoms with E-state index in [1.807, 2.05) is 0 Å². The van der Waals surface area contributed by atoms with Crippen LogP contribution in [0.3, 0.4) is 0 Å². The summed E-state index contributed by atoms with van der Waals surface area (Å²) in [5, 5.41) is 23.0. The third kappa shape index (κ3) is 17.9. The normalized spacial score (nSPS) is 14.8. The topological polar surface area (TPSA) is 354 Å². The number of rotatable bonds is 19. The Kier molecular flexibility index (Phi) is 23.1. The molecule has 4 saturated carbocycles. The van der Waals surface area contributed by atoms with E-state index in [1.54, 1.807) is 30.3 Å². The predicted molar refractivity (Wildman–Crippen MR) is 323 cm³/mol. The standard InChI is InChI=1S/C29H33ClFN7O4.C23H20ClFN8O4.C6H13N.CH4/c30-22-8-4-5-17(26(22)31)14-33-24(39)15-37(20-10-11-20)25(40)16-38-23-12-9-19(13-21(23)27(36-38)28(32)41)35-29(42)34-18-6-2-1-3-7-18;24-16-3-1-2-13(20(16)25)9-28-18(34)10-32(14-5-6-14)19(35)11-33-17-7-4-12(23(37)29-31-27)8-15(17)21(30-33)22(26)36;7-6-4-2-1-3-5-6;/h4-5,8-9,12-13,18,20H,1-3,6-7,10-11,14-16H2,(H2,32,41)(H,33,39)(H2,34,35,42);1-4,7-8,14H,5-6,9-11H2,(H2,26,36)(H,28,34);6H,1-5,7H2;1H4. The van der Waals surface area contributed by atoms with Gasteiger partial charge in [-0.25, -0.2) is 13.6 Å². The van der Waals surface area contributed by atoms with Crippen LogP contribution in [0, 0.1) is 11.6 Å². The van der Waals surface area contributed by atoms with Crippen molar-refractivity contribution in [3.63, 3.8) is 0 Å². The molecule has 0 unspecified atom stereocenters. The van der Waals surface area contributed by atoms with E-state index in [1.165, 1.54) is 100 Å². The molecule has 4 aromatic carbocycles. The Morgan fingerprint density at radius 1 is 0.644 bits per heavy atom. The number of azide groups is 1. The predicted octanol–water partition coefficient (Wildman–Crippen LogP) is 8.29. The van der Waals surface area contributed by atoms with Gasteiger partial charge in [0.15, 0.2) is 11.4 Å². The Morgan fingerprint density at radius 2 is 1.10 bits per heavy atom. The molecule has 4 aliphatic carbocycles. The van der Waals surface area contributed by atoms with Gasteiger partial charge < -0.3 is 48.3 Å². The highest BCUT2D eigenvalue weighted by Crippen LogP contribution is 2.30. The molecule has 28 heteroatoms. The molecule has 24 nitrogen and oxygen atoms in total. The number of aromatic nitrogens is 4. The van der Waals surface area contributed by atoms with Gasteiger partial charge in [-0.1, -0.05) is 93.4 Å². The summed E-state index contributed by atoms with van der Waals surface area (Å²) in [6.45, 7) is -1.17. The molecule has 0 bridgehead atoms. The Bertz CT molecular complexity index is 3590. The quantitative estimate of drug-likeness (QED) is 0.0230. The number of benzene rings is 4. The van der Waals surface area contributed by atoms with Crippen LogP contribution in [-0.4, -0.2) is 114 Å². The number of primary amides is 2. The van der Waals surface area contributed by atoms with Crippen molar-refractivity contribution in [2.45, 2.75) is 148 Å². The van der Waals surface area contributed by atoms with E-state index in [4.69, 9.17) is 45.9 Å². The molecule has 4 fully saturated rings. The molecule has 0 radical (unpaired) electrons. The van der Waals surface area contributed by atoms with Crippen LogP contribution in [0.5, 0.6) is 0 Å². The Balaban J connectivity index is 0.000000222. The number of carbonyl (C=O) groups is 8. The van der Waals surface area contributed by atoms with Gasteiger partial charge in [0.1, 0.15) is 24.7 Å². The molecule has 4 aliphatic rings. The number of nitrogens with zero attached hydrogens (tertiary/aromatic N) is 9. The largest absolute Gasteiger partial charge is 0.364 e. The van der Waals surface area contributed by atoms with E-state index in [2.05, 4.69) is 41.5 Å². The molecular formula is C59H70Cl2F2N16O8. The average Bonchev–Trinajstić information content (AvgIpc) is 2.78. The fourth-order valence-corrected chi connectivity index (χ4v) is 10.6. The summed E-state index contributed by atoms with van der Waals surface area (Å²) in [5.74, 6) is -5.46. The lowest BCUT2D eigenvalue weighted by Gasteiger charge is -2.23. The second-order valence-corrected chi connectivity index (χ2v) is 22.3. The molecule has 462 valence electrons. The minimum atomic E-state index is -0.878. The maximum atomic E-state index is 14.2. The van der Waals surface area contributed by atoms with Crippen molar-refractivity contribution in [3.8, 4) is 0 Å². The van der Waals surface area contributed by atoms with Gasteiger partial charge in [0.25, 0.3) is 11.8 Å². The summed E-state index contributed by atoms with van der Waals surface area (Å²) in [5.41, 5.74) is 26.7. The highest BCUT2D eigenvalue weighted by Gasteiger charge is 2.36. The van der Waals surface area contributed by atoms with Crippen LogP contribution in [0.2, 0.25) is 10.0 Å². The molecule has 2 heterocycles. The lowest BCUT2D eigenvalue weighted by atomic mass is 9.96. The van der Waals surface area contributed by atoms with Crippen LogP contribution in [0.1, 0.15) is 140 Å². The van der Waals surface area contributed by atoms with Gasteiger partial charge in [-0.15, -0.1) is 0 Å². The maximum Gasteiger partial charge on any atom is 0.319 e. The molecule has 6 aromatic rings. The van der Waals surface area contributed by atoms with E-state index in [0.717, 1.165) is 51.4 Å². The van der Waals surface area contributed by atoms with E-state index in [9.17, 15) is 47.1 Å². The summed E-state index contributed by atoms with van der Waals surface area (Å²) in [6.07, 6.45) is 14.9. The van der Waals surface area contributed by atoms with Gasteiger partial charge in [0.2, 0.25) is 29.5 Å². The number of carbonyl (C=O) groups excluding carboxylic acids is 8. The van der Waals surface area contributed by atoms with E-state index in [-0.39, 0.29) is 120 Å². The average molecular weight is 1240 g/mol. The maximum absolute atomic E-state index is 14.2. The second kappa shape index (κ2) is 30.6. The fraction of sp³-hybridized carbons (Fsp3) is 0.424.